The van der Waals surface area contributed by atoms with Crippen LogP contribution in [0.25, 0.3) is 0 Å². The van der Waals surface area contributed by atoms with Crippen LogP contribution in [0.3, 0.4) is 0 Å². The summed E-state index contributed by atoms with van der Waals surface area (Å²) in [6.07, 6.45) is 2.23. The van der Waals surface area contributed by atoms with Crippen molar-refractivity contribution >= 4 is 11.9 Å². The van der Waals surface area contributed by atoms with E-state index in [9.17, 15) is 9.59 Å². The Morgan fingerprint density at radius 2 is 1.78 bits per heavy atom. The number of benzene rings is 1. The van der Waals surface area contributed by atoms with E-state index >= 15 is 0 Å². The van der Waals surface area contributed by atoms with Crippen molar-refractivity contribution in [1.82, 2.24) is 4.90 Å². The maximum atomic E-state index is 12.5. The molecule has 3 rings (SSSR count). The molecule has 0 unspecified atom stereocenters. The maximum absolute atomic E-state index is 12.5. The fourth-order valence-electron chi connectivity index (χ4n) is 2.99. The highest BCUT2D eigenvalue weighted by Crippen LogP contribution is 2.38. The number of hydrogen-bond acceptors (Lipinski definition) is 6. The van der Waals surface area contributed by atoms with Crippen molar-refractivity contribution in [3.05, 3.63) is 41.9 Å². The van der Waals surface area contributed by atoms with E-state index in [4.69, 9.17) is 23.7 Å². The lowest BCUT2D eigenvalue weighted by Crippen LogP contribution is -2.41. The molecule has 2 heterocycles. The minimum atomic E-state index is -1.13. The summed E-state index contributed by atoms with van der Waals surface area (Å²) in [5.74, 6) is 0.295. The van der Waals surface area contributed by atoms with Crippen LogP contribution in [0.1, 0.15) is 33.8 Å². The van der Waals surface area contributed by atoms with Gasteiger partial charge in [0, 0.05) is 32.0 Å². The highest BCUT2D eigenvalue weighted by atomic mass is 16.5. The average Bonchev–Trinajstić information content (AvgIpc) is 3.18. The van der Waals surface area contributed by atoms with E-state index in [-0.39, 0.29) is 23.3 Å². The monoisotopic (exact) mass is 375 g/mol. The van der Waals surface area contributed by atoms with Gasteiger partial charge in [-0.3, -0.25) is 4.79 Å². The van der Waals surface area contributed by atoms with Crippen LogP contribution in [0, 0.1) is 0 Å². The second kappa shape index (κ2) is 8.03. The van der Waals surface area contributed by atoms with Crippen molar-refractivity contribution < 1.29 is 33.3 Å². The van der Waals surface area contributed by atoms with Gasteiger partial charge >= 0.3 is 5.97 Å². The summed E-state index contributed by atoms with van der Waals surface area (Å²) in [7, 11) is 3.13. The molecule has 0 saturated carbocycles. The smallest absolute Gasteiger partial charge is 0.338 e. The molecule has 27 heavy (non-hydrogen) atoms. The molecule has 1 N–H and O–H groups in total. The van der Waals surface area contributed by atoms with E-state index in [1.165, 1.54) is 6.07 Å². The standard InChI is InChI=1S/C19H21NO7/c1-24-14-4-3-5-15(25-2)17(14)27-13-6-8-20(9-7-13)18(21)16-10-12(11-26-16)19(22)23/h3-5,10-11,13H,6-9H2,1-2H3,(H,22,23). The van der Waals surface area contributed by atoms with Crippen LogP contribution in [-0.2, 0) is 0 Å². The topological polar surface area (TPSA) is 98.4 Å². The molecule has 1 aliphatic heterocycles. The number of piperidine rings is 1. The van der Waals surface area contributed by atoms with Crippen molar-refractivity contribution in [1.29, 1.82) is 0 Å². The lowest BCUT2D eigenvalue weighted by Gasteiger charge is -2.32. The van der Waals surface area contributed by atoms with Crippen LogP contribution >= 0.6 is 0 Å². The molecule has 1 aliphatic rings. The number of rotatable bonds is 6. The molecule has 0 radical (unpaired) electrons. The molecule has 1 aromatic carbocycles. The fraction of sp³-hybridized carbons (Fsp3) is 0.368. The molecule has 8 nitrogen and oxygen atoms in total. The molecule has 8 heteroatoms. The predicted molar refractivity (Wildman–Crippen MR) is 94.8 cm³/mol. The summed E-state index contributed by atoms with van der Waals surface area (Å²) >= 11 is 0. The number of carbonyl (C=O) groups excluding carboxylic acids is 1. The van der Waals surface area contributed by atoms with Gasteiger partial charge in [0.05, 0.1) is 19.8 Å². The second-order valence-corrected chi connectivity index (χ2v) is 6.11. The molecule has 1 saturated heterocycles. The zero-order chi connectivity index (χ0) is 19.4. The Morgan fingerprint density at radius 1 is 1.15 bits per heavy atom. The first-order valence-electron chi connectivity index (χ1n) is 8.52. The number of hydrogen-bond donors (Lipinski definition) is 1. The van der Waals surface area contributed by atoms with Crippen molar-refractivity contribution in [2.24, 2.45) is 0 Å². The highest BCUT2D eigenvalue weighted by molar-refractivity contribution is 5.95. The minimum absolute atomic E-state index is 0.0261. The number of likely N-dealkylation sites (tertiary alicyclic amines) is 1. The number of amides is 1. The van der Waals surface area contributed by atoms with E-state index in [0.29, 0.717) is 43.2 Å². The molecule has 1 aromatic heterocycles. The van der Waals surface area contributed by atoms with Gasteiger partial charge in [0.2, 0.25) is 5.75 Å². The normalized spacial score (nSPS) is 14.7. The predicted octanol–water partition coefficient (Wildman–Crippen LogP) is 2.68. The fourth-order valence-corrected chi connectivity index (χ4v) is 2.99. The Bertz CT molecular complexity index is 799. The first-order valence-corrected chi connectivity index (χ1v) is 8.52. The number of carbonyl (C=O) groups is 2. The van der Waals surface area contributed by atoms with Crippen molar-refractivity contribution in [3.8, 4) is 17.2 Å². The molecule has 0 atom stereocenters. The van der Waals surface area contributed by atoms with Gasteiger partial charge in [-0.25, -0.2) is 4.79 Å². The number of furan rings is 1. The van der Waals surface area contributed by atoms with Gasteiger partial charge < -0.3 is 28.6 Å². The zero-order valence-corrected chi connectivity index (χ0v) is 15.1. The van der Waals surface area contributed by atoms with Crippen LogP contribution in [0.5, 0.6) is 17.2 Å². The Hall–Kier alpha value is -3.16. The van der Waals surface area contributed by atoms with Crippen molar-refractivity contribution in [2.75, 3.05) is 27.3 Å². The van der Waals surface area contributed by atoms with E-state index < -0.39 is 5.97 Å². The molecule has 2 aromatic rings. The Kier molecular flexibility index (Phi) is 5.54. The summed E-state index contributed by atoms with van der Waals surface area (Å²) in [4.78, 5) is 25.0. The molecular formula is C19H21NO7. The number of ether oxygens (including phenoxy) is 3. The van der Waals surface area contributed by atoms with Gasteiger partial charge in [0.1, 0.15) is 12.4 Å². The van der Waals surface area contributed by atoms with E-state index in [2.05, 4.69) is 0 Å². The largest absolute Gasteiger partial charge is 0.493 e. The van der Waals surface area contributed by atoms with Gasteiger partial charge in [-0.1, -0.05) is 6.07 Å². The molecule has 0 aliphatic carbocycles. The lowest BCUT2D eigenvalue weighted by atomic mass is 10.1. The lowest BCUT2D eigenvalue weighted by molar-refractivity contribution is 0.0556. The van der Waals surface area contributed by atoms with Crippen LogP contribution in [-0.4, -0.2) is 55.3 Å². The number of carboxylic acid groups (broad SMARTS) is 1. The summed E-state index contributed by atoms with van der Waals surface area (Å²) in [5.41, 5.74) is -0.0418. The van der Waals surface area contributed by atoms with Crippen molar-refractivity contribution in [2.45, 2.75) is 18.9 Å². The van der Waals surface area contributed by atoms with Crippen LogP contribution in [0.2, 0.25) is 0 Å². The third-order valence-electron chi connectivity index (χ3n) is 4.45. The number of para-hydroxylation sites is 1. The van der Waals surface area contributed by atoms with Crippen molar-refractivity contribution in [3.63, 3.8) is 0 Å². The Balaban J connectivity index is 1.62. The third kappa shape index (κ3) is 3.99. The zero-order valence-electron chi connectivity index (χ0n) is 15.1. The summed E-state index contributed by atoms with van der Waals surface area (Å²) in [5, 5.41) is 8.93. The van der Waals surface area contributed by atoms with Gasteiger partial charge in [-0.15, -0.1) is 0 Å². The van der Waals surface area contributed by atoms with Crippen LogP contribution in [0.15, 0.2) is 34.9 Å². The van der Waals surface area contributed by atoms with E-state index in [1.54, 1.807) is 31.3 Å². The van der Waals surface area contributed by atoms with E-state index in [0.717, 1.165) is 6.26 Å². The molecular weight excluding hydrogens is 354 g/mol. The van der Waals surface area contributed by atoms with Gasteiger partial charge in [-0.2, -0.15) is 0 Å². The van der Waals surface area contributed by atoms with Gasteiger partial charge in [-0.05, 0) is 12.1 Å². The van der Waals surface area contributed by atoms with E-state index in [1.807, 2.05) is 6.07 Å². The highest BCUT2D eigenvalue weighted by Gasteiger charge is 2.28. The number of nitrogens with zero attached hydrogens (tertiary/aromatic N) is 1. The Labute approximate surface area is 156 Å². The number of methoxy groups -OCH3 is 2. The molecule has 0 bridgehead atoms. The van der Waals surface area contributed by atoms with Gasteiger partial charge in [0.15, 0.2) is 17.3 Å². The first-order chi connectivity index (χ1) is 13.0. The maximum Gasteiger partial charge on any atom is 0.338 e. The number of carboxylic acids is 1. The Morgan fingerprint density at radius 3 is 2.30 bits per heavy atom. The van der Waals surface area contributed by atoms with Crippen LogP contribution < -0.4 is 14.2 Å². The third-order valence-corrected chi connectivity index (χ3v) is 4.45. The first kappa shape index (κ1) is 18.6. The second-order valence-electron chi connectivity index (χ2n) is 6.11. The average molecular weight is 375 g/mol. The molecule has 144 valence electrons. The SMILES string of the molecule is COc1cccc(OC)c1OC1CCN(C(=O)c2cc(C(=O)O)co2)CC1. The minimum Gasteiger partial charge on any atom is -0.493 e. The molecule has 1 fully saturated rings. The summed E-state index contributed by atoms with van der Waals surface area (Å²) in [6, 6.07) is 6.66. The quantitative estimate of drug-likeness (QED) is 0.829. The number of aromatic carboxylic acids is 1. The summed E-state index contributed by atoms with van der Waals surface area (Å²) in [6.45, 7) is 0.953. The van der Waals surface area contributed by atoms with Crippen LogP contribution in [0.4, 0.5) is 0 Å². The summed E-state index contributed by atoms with van der Waals surface area (Å²) < 4.78 is 21.8. The molecule has 1 amide bonds. The molecule has 0 spiro atoms. The van der Waals surface area contributed by atoms with Gasteiger partial charge in [0.25, 0.3) is 5.91 Å².